The average Bonchev–Trinajstić information content (AvgIpc) is 3.04. The van der Waals surface area contributed by atoms with Crippen LogP contribution in [-0.4, -0.2) is 12.1 Å². The molecule has 0 bridgehead atoms. The first-order chi connectivity index (χ1) is 7.25. The van der Waals surface area contributed by atoms with Gasteiger partial charge in [-0.25, -0.2) is 5.43 Å². The van der Waals surface area contributed by atoms with Crippen LogP contribution in [0.1, 0.15) is 18.4 Å². The highest BCUT2D eigenvalue weighted by atomic mass is 35.5. The van der Waals surface area contributed by atoms with E-state index in [0.29, 0.717) is 5.02 Å². The molecule has 1 N–H and O–H groups in total. The van der Waals surface area contributed by atoms with Crippen molar-refractivity contribution >= 4 is 23.7 Å². The van der Waals surface area contributed by atoms with E-state index in [1.165, 1.54) is 0 Å². The van der Waals surface area contributed by atoms with Crippen molar-refractivity contribution in [1.82, 2.24) is 5.43 Å². The summed E-state index contributed by atoms with van der Waals surface area (Å²) in [6.07, 6.45) is 3.58. The fourth-order valence-electron chi connectivity index (χ4n) is 1.16. The molecule has 0 heterocycles. The van der Waals surface area contributed by atoms with Gasteiger partial charge in [0, 0.05) is 10.9 Å². The van der Waals surface area contributed by atoms with Gasteiger partial charge < -0.3 is 0 Å². The summed E-state index contributed by atoms with van der Waals surface area (Å²) in [7, 11) is 0. The molecule has 3 nitrogen and oxygen atoms in total. The molecule has 0 aliphatic heterocycles. The van der Waals surface area contributed by atoms with Gasteiger partial charge in [0.1, 0.15) is 0 Å². The lowest BCUT2D eigenvalue weighted by Crippen LogP contribution is -2.18. The Hall–Kier alpha value is -1.35. The van der Waals surface area contributed by atoms with Crippen LogP contribution < -0.4 is 5.43 Å². The molecule has 1 aliphatic rings. The van der Waals surface area contributed by atoms with Crippen molar-refractivity contribution in [2.45, 2.75) is 12.8 Å². The van der Waals surface area contributed by atoms with Gasteiger partial charge in [0.2, 0.25) is 5.91 Å². The summed E-state index contributed by atoms with van der Waals surface area (Å²) < 4.78 is 0. The van der Waals surface area contributed by atoms with Gasteiger partial charge in [-0.1, -0.05) is 23.7 Å². The van der Waals surface area contributed by atoms with Crippen LogP contribution in [-0.2, 0) is 4.79 Å². The fourth-order valence-corrected chi connectivity index (χ4v) is 1.28. The van der Waals surface area contributed by atoms with Gasteiger partial charge in [-0.05, 0) is 30.5 Å². The van der Waals surface area contributed by atoms with Crippen molar-refractivity contribution in [3.05, 3.63) is 34.9 Å². The quantitative estimate of drug-likeness (QED) is 0.618. The molecule has 2 rings (SSSR count). The standard InChI is InChI=1S/C11H11ClN2O/c12-10-5-1-8(2-6-10)7-13-14-11(15)9-3-4-9/h1-2,5-7,9H,3-4H2,(H,14,15). The van der Waals surface area contributed by atoms with Gasteiger partial charge in [-0.2, -0.15) is 5.10 Å². The molecule has 0 saturated heterocycles. The lowest BCUT2D eigenvalue weighted by Gasteiger charge is -1.96. The van der Waals surface area contributed by atoms with Crippen molar-refractivity contribution in [2.75, 3.05) is 0 Å². The number of amides is 1. The third-order valence-electron chi connectivity index (χ3n) is 2.21. The lowest BCUT2D eigenvalue weighted by atomic mass is 10.2. The van der Waals surface area contributed by atoms with Crippen molar-refractivity contribution in [3.63, 3.8) is 0 Å². The minimum absolute atomic E-state index is 0.0141. The molecule has 0 radical (unpaired) electrons. The smallest absolute Gasteiger partial charge is 0.243 e. The summed E-state index contributed by atoms with van der Waals surface area (Å²) in [5.41, 5.74) is 3.42. The number of hydrazone groups is 1. The molecule has 1 saturated carbocycles. The Balaban J connectivity index is 1.87. The molecule has 1 amide bonds. The molecule has 0 unspecified atom stereocenters. The number of benzene rings is 1. The highest BCUT2D eigenvalue weighted by Crippen LogP contribution is 2.28. The number of halogens is 1. The Labute approximate surface area is 93.1 Å². The van der Waals surface area contributed by atoms with Gasteiger partial charge in [-0.15, -0.1) is 0 Å². The van der Waals surface area contributed by atoms with Crippen LogP contribution in [0.3, 0.4) is 0 Å². The van der Waals surface area contributed by atoms with Crippen LogP contribution in [0, 0.1) is 5.92 Å². The summed E-state index contributed by atoms with van der Waals surface area (Å²) in [4.78, 5) is 11.2. The topological polar surface area (TPSA) is 41.5 Å². The maximum atomic E-state index is 11.2. The predicted octanol–water partition coefficient (Wildman–Crippen LogP) is 2.20. The van der Waals surface area contributed by atoms with E-state index >= 15 is 0 Å². The van der Waals surface area contributed by atoms with Crippen molar-refractivity contribution < 1.29 is 4.79 Å². The molecule has 0 aromatic heterocycles. The fraction of sp³-hybridized carbons (Fsp3) is 0.273. The molecule has 1 aliphatic carbocycles. The summed E-state index contributed by atoms with van der Waals surface area (Å²) in [5, 5.41) is 4.55. The SMILES string of the molecule is O=C(NN=Cc1ccc(Cl)cc1)C1CC1. The van der Waals surface area contributed by atoms with Gasteiger partial charge in [0.15, 0.2) is 0 Å². The second-order valence-electron chi connectivity index (χ2n) is 3.56. The normalized spacial score (nSPS) is 15.5. The second-order valence-corrected chi connectivity index (χ2v) is 4.00. The molecule has 1 aromatic carbocycles. The van der Waals surface area contributed by atoms with Crippen molar-refractivity contribution in [3.8, 4) is 0 Å². The molecular weight excluding hydrogens is 212 g/mol. The maximum Gasteiger partial charge on any atom is 0.243 e. The van der Waals surface area contributed by atoms with E-state index in [9.17, 15) is 4.79 Å². The number of rotatable bonds is 3. The van der Waals surface area contributed by atoms with Crippen LogP contribution in [0.2, 0.25) is 5.02 Å². The largest absolute Gasteiger partial charge is 0.273 e. The highest BCUT2D eigenvalue weighted by molar-refractivity contribution is 6.30. The van der Waals surface area contributed by atoms with Crippen LogP contribution in [0.4, 0.5) is 0 Å². The molecule has 78 valence electrons. The summed E-state index contributed by atoms with van der Waals surface area (Å²) in [6.45, 7) is 0. The van der Waals surface area contributed by atoms with Gasteiger partial charge in [0.25, 0.3) is 0 Å². The third kappa shape index (κ3) is 3.06. The van der Waals surface area contributed by atoms with E-state index in [1.807, 2.05) is 12.1 Å². The first kappa shape index (κ1) is 10.2. The Kier molecular flexibility index (Phi) is 3.02. The van der Waals surface area contributed by atoms with E-state index < -0.39 is 0 Å². The Morgan fingerprint density at radius 3 is 2.67 bits per heavy atom. The van der Waals surface area contributed by atoms with Gasteiger partial charge in [-0.3, -0.25) is 4.79 Å². The predicted molar refractivity (Wildman–Crippen MR) is 59.9 cm³/mol. The van der Waals surface area contributed by atoms with Gasteiger partial charge in [0.05, 0.1) is 6.21 Å². The zero-order valence-corrected chi connectivity index (χ0v) is 8.87. The van der Waals surface area contributed by atoms with Gasteiger partial charge >= 0.3 is 0 Å². The Bertz CT molecular complexity index is 382. The number of hydrogen-bond acceptors (Lipinski definition) is 2. The zero-order chi connectivity index (χ0) is 10.7. The first-order valence-electron chi connectivity index (χ1n) is 4.84. The lowest BCUT2D eigenvalue weighted by molar-refractivity contribution is -0.122. The van der Waals surface area contributed by atoms with Crippen LogP contribution in [0.15, 0.2) is 29.4 Å². The van der Waals surface area contributed by atoms with E-state index in [-0.39, 0.29) is 11.8 Å². The summed E-state index contributed by atoms with van der Waals surface area (Å²) >= 11 is 5.73. The highest BCUT2D eigenvalue weighted by Gasteiger charge is 2.29. The zero-order valence-electron chi connectivity index (χ0n) is 8.11. The summed E-state index contributed by atoms with van der Waals surface area (Å²) in [5.74, 6) is 0.201. The van der Waals surface area contributed by atoms with E-state index in [0.717, 1.165) is 18.4 Å². The minimum atomic E-state index is 0.0141. The molecule has 0 atom stereocenters. The molecule has 15 heavy (non-hydrogen) atoms. The van der Waals surface area contributed by atoms with Crippen LogP contribution >= 0.6 is 11.6 Å². The summed E-state index contributed by atoms with van der Waals surface area (Å²) in [6, 6.07) is 7.25. The first-order valence-corrected chi connectivity index (χ1v) is 5.22. The maximum absolute atomic E-state index is 11.2. The van der Waals surface area contributed by atoms with E-state index in [1.54, 1.807) is 18.3 Å². The molecule has 0 spiro atoms. The van der Waals surface area contributed by atoms with E-state index in [4.69, 9.17) is 11.6 Å². The minimum Gasteiger partial charge on any atom is -0.273 e. The van der Waals surface area contributed by atoms with Crippen molar-refractivity contribution in [2.24, 2.45) is 11.0 Å². The number of nitrogens with one attached hydrogen (secondary N) is 1. The molecule has 4 heteroatoms. The van der Waals surface area contributed by atoms with Crippen molar-refractivity contribution in [1.29, 1.82) is 0 Å². The average molecular weight is 223 g/mol. The molecular formula is C11H11ClN2O. The monoisotopic (exact) mass is 222 g/mol. The molecule has 1 fully saturated rings. The Morgan fingerprint density at radius 2 is 2.07 bits per heavy atom. The number of carbonyl (C=O) groups is 1. The van der Waals surface area contributed by atoms with Crippen LogP contribution in [0.5, 0.6) is 0 Å². The second kappa shape index (κ2) is 4.45. The number of hydrogen-bond donors (Lipinski definition) is 1. The third-order valence-corrected chi connectivity index (χ3v) is 2.46. The van der Waals surface area contributed by atoms with E-state index in [2.05, 4.69) is 10.5 Å². The molecule has 1 aromatic rings. The number of nitrogens with zero attached hydrogens (tertiary/aromatic N) is 1. The number of carbonyl (C=O) groups excluding carboxylic acids is 1. The van der Waals surface area contributed by atoms with Crippen LogP contribution in [0.25, 0.3) is 0 Å². The Morgan fingerprint density at radius 1 is 1.40 bits per heavy atom.